The molecule has 156 valence electrons. The molecule has 0 spiro atoms. The van der Waals surface area contributed by atoms with Gasteiger partial charge in [-0.1, -0.05) is 76.6 Å². The topological polar surface area (TPSA) is 59.8 Å². The van der Waals surface area contributed by atoms with Crippen LogP contribution >= 0.6 is 15.9 Å². The number of carbonyl (C=O) groups is 1. The van der Waals surface area contributed by atoms with Crippen LogP contribution in [-0.2, 0) is 0 Å². The molecular formula is C26H19BrN4O. The minimum absolute atomic E-state index is 0.109. The first-order valence-electron chi connectivity index (χ1n) is 10.2. The van der Waals surface area contributed by atoms with Gasteiger partial charge < -0.3 is 5.32 Å². The summed E-state index contributed by atoms with van der Waals surface area (Å²) in [5.74, 6) is 0.356. The number of benzene rings is 4. The van der Waals surface area contributed by atoms with E-state index in [1.54, 1.807) is 4.68 Å². The first-order chi connectivity index (χ1) is 15.6. The molecule has 6 heteroatoms. The fraction of sp³-hybridized carbons (Fsp3) is 0.0385. The summed E-state index contributed by atoms with van der Waals surface area (Å²) in [6, 6.07) is 29.5. The van der Waals surface area contributed by atoms with Crippen LogP contribution in [0.4, 0.5) is 5.69 Å². The van der Waals surface area contributed by atoms with E-state index in [1.165, 1.54) is 0 Å². The number of nitrogens with one attached hydrogen (secondary N) is 1. The van der Waals surface area contributed by atoms with E-state index in [1.807, 2.05) is 97.9 Å². The Bertz CT molecular complexity index is 1430. The zero-order valence-electron chi connectivity index (χ0n) is 17.3. The van der Waals surface area contributed by atoms with Crippen molar-refractivity contribution >= 4 is 38.3 Å². The molecule has 0 saturated heterocycles. The van der Waals surface area contributed by atoms with Gasteiger partial charge in [0.05, 0.1) is 5.69 Å². The third-order valence-electron chi connectivity index (χ3n) is 5.20. The largest absolute Gasteiger partial charge is 0.319 e. The number of hydrogen-bond donors (Lipinski definition) is 1. The number of anilines is 1. The molecule has 0 unspecified atom stereocenters. The highest BCUT2D eigenvalue weighted by Gasteiger charge is 2.19. The maximum atomic E-state index is 13.2. The summed E-state index contributed by atoms with van der Waals surface area (Å²) >= 11 is 3.47. The molecule has 1 heterocycles. The fourth-order valence-corrected chi connectivity index (χ4v) is 3.91. The lowest BCUT2D eigenvalue weighted by atomic mass is 10.1. The van der Waals surface area contributed by atoms with Gasteiger partial charge >= 0.3 is 0 Å². The van der Waals surface area contributed by atoms with Crippen molar-refractivity contribution in [1.82, 2.24) is 14.8 Å². The van der Waals surface area contributed by atoms with Gasteiger partial charge in [-0.2, -0.15) is 0 Å². The average Bonchev–Trinajstić information content (AvgIpc) is 3.26. The third kappa shape index (κ3) is 3.92. The number of hydrogen-bond acceptors (Lipinski definition) is 3. The van der Waals surface area contributed by atoms with E-state index in [0.29, 0.717) is 5.82 Å². The summed E-state index contributed by atoms with van der Waals surface area (Å²) in [5, 5.41) is 9.58. The summed E-state index contributed by atoms with van der Waals surface area (Å²) in [5.41, 5.74) is 3.54. The van der Waals surface area contributed by atoms with E-state index >= 15 is 0 Å². The maximum absolute atomic E-state index is 13.2. The molecule has 0 fully saturated rings. The Kier molecular flexibility index (Phi) is 5.29. The highest BCUT2D eigenvalue weighted by Crippen LogP contribution is 2.26. The SMILES string of the molecule is Cc1cccc(-n2nc(C(=O)Nc3cccc4ccccc34)nc2-c2ccc(Br)cc2)c1. The molecule has 5 aromatic rings. The number of halogens is 1. The zero-order chi connectivity index (χ0) is 22.1. The Morgan fingerprint density at radius 1 is 0.906 bits per heavy atom. The first kappa shape index (κ1) is 20.2. The molecule has 0 aliphatic rings. The minimum Gasteiger partial charge on any atom is -0.319 e. The third-order valence-corrected chi connectivity index (χ3v) is 5.73. The second kappa shape index (κ2) is 8.40. The molecule has 0 aliphatic carbocycles. The maximum Gasteiger partial charge on any atom is 0.295 e. The van der Waals surface area contributed by atoms with Gasteiger partial charge in [0, 0.05) is 21.1 Å². The molecule has 32 heavy (non-hydrogen) atoms. The molecule has 0 saturated carbocycles. The van der Waals surface area contributed by atoms with Gasteiger partial charge in [0.2, 0.25) is 5.82 Å². The van der Waals surface area contributed by atoms with Crippen LogP contribution in [0.15, 0.2) is 95.5 Å². The van der Waals surface area contributed by atoms with E-state index in [0.717, 1.165) is 37.7 Å². The number of rotatable bonds is 4. The summed E-state index contributed by atoms with van der Waals surface area (Å²) in [4.78, 5) is 17.8. The van der Waals surface area contributed by atoms with Crippen molar-refractivity contribution in [3.05, 3.63) is 107 Å². The molecule has 1 aromatic heterocycles. The lowest BCUT2D eigenvalue weighted by Gasteiger charge is -2.07. The van der Waals surface area contributed by atoms with E-state index < -0.39 is 0 Å². The number of aromatic nitrogens is 3. The first-order valence-corrected chi connectivity index (χ1v) is 11.0. The van der Waals surface area contributed by atoms with Crippen molar-refractivity contribution in [3.63, 3.8) is 0 Å². The number of amides is 1. The van der Waals surface area contributed by atoms with Crippen molar-refractivity contribution in [2.45, 2.75) is 6.92 Å². The van der Waals surface area contributed by atoms with Crippen LogP contribution in [0.3, 0.4) is 0 Å². The van der Waals surface area contributed by atoms with Crippen molar-refractivity contribution in [3.8, 4) is 17.1 Å². The van der Waals surface area contributed by atoms with Gasteiger partial charge in [-0.3, -0.25) is 4.79 Å². The molecule has 1 amide bonds. The number of aryl methyl sites for hydroxylation is 1. The smallest absolute Gasteiger partial charge is 0.295 e. The molecule has 5 nitrogen and oxygen atoms in total. The zero-order valence-corrected chi connectivity index (χ0v) is 18.9. The Morgan fingerprint density at radius 3 is 2.47 bits per heavy atom. The molecule has 4 aromatic carbocycles. The van der Waals surface area contributed by atoms with Crippen LogP contribution in [0, 0.1) is 6.92 Å². The van der Waals surface area contributed by atoms with E-state index in [4.69, 9.17) is 0 Å². The van der Waals surface area contributed by atoms with E-state index in [-0.39, 0.29) is 11.7 Å². The second-order valence-electron chi connectivity index (χ2n) is 7.50. The van der Waals surface area contributed by atoms with Crippen molar-refractivity contribution in [2.24, 2.45) is 0 Å². The van der Waals surface area contributed by atoms with Gasteiger partial charge in [0.1, 0.15) is 0 Å². The van der Waals surface area contributed by atoms with Crippen LogP contribution in [-0.4, -0.2) is 20.7 Å². The van der Waals surface area contributed by atoms with Gasteiger partial charge in [-0.25, -0.2) is 9.67 Å². The van der Waals surface area contributed by atoms with Crippen LogP contribution in [0.1, 0.15) is 16.2 Å². The van der Waals surface area contributed by atoms with Crippen LogP contribution in [0.2, 0.25) is 0 Å². The van der Waals surface area contributed by atoms with Crippen molar-refractivity contribution in [1.29, 1.82) is 0 Å². The molecule has 0 aliphatic heterocycles. The summed E-state index contributed by atoms with van der Waals surface area (Å²) in [6.45, 7) is 2.02. The van der Waals surface area contributed by atoms with Crippen molar-refractivity contribution < 1.29 is 4.79 Å². The molecule has 1 N–H and O–H groups in total. The second-order valence-corrected chi connectivity index (χ2v) is 8.41. The average molecular weight is 483 g/mol. The van der Waals surface area contributed by atoms with Gasteiger partial charge in [-0.15, -0.1) is 5.10 Å². The molecular weight excluding hydrogens is 464 g/mol. The minimum atomic E-state index is -0.355. The highest BCUT2D eigenvalue weighted by molar-refractivity contribution is 9.10. The monoisotopic (exact) mass is 482 g/mol. The van der Waals surface area contributed by atoms with Gasteiger partial charge in [0.15, 0.2) is 5.82 Å². The number of nitrogens with zero attached hydrogens (tertiary/aromatic N) is 3. The standard InChI is InChI=1S/C26H19BrN4O/c1-17-6-4-9-21(16-17)31-25(19-12-14-20(27)15-13-19)29-24(30-31)26(32)28-23-11-5-8-18-7-2-3-10-22(18)23/h2-16H,1H3,(H,28,32). The molecule has 0 radical (unpaired) electrons. The molecule has 5 rings (SSSR count). The Balaban J connectivity index is 1.57. The predicted molar refractivity (Wildman–Crippen MR) is 131 cm³/mol. The normalized spacial score (nSPS) is 10.9. The summed E-state index contributed by atoms with van der Waals surface area (Å²) in [6.07, 6.45) is 0. The Hall–Kier alpha value is -3.77. The van der Waals surface area contributed by atoms with Gasteiger partial charge in [-0.05, 0) is 48.2 Å². The number of carbonyl (C=O) groups excluding carboxylic acids is 1. The van der Waals surface area contributed by atoms with Crippen LogP contribution in [0.5, 0.6) is 0 Å². The Labute approximate surface area is 193 Å². The predicted octanol–water partition coefficient (Wildman–Crippen LogP) is 6.41. The molecule has 0 bridgehead atoms. The fourth-order valence-electron chi connectivity index (χ4n) is 3.65. The van der Waals surface area contributed by atoms with E-state index in [9.17, 15) is 4.79 Å². The quantitative estimate of drug-likeness (QED) is 0.321. The summed E-state index contributed by atoms with van der Waals surface area (Å²) < 4.78 is 2.69. The lowest BCUT2D eigenvalue weighted by Crippen LogP contribution is -2.14. The van der Waals surface area contributed by atoms with E-state index in [2.05, 4.69) is 31.3 Å². The van der Waals surface area contributed by atoms with Crippen molar-refractivity contribution in [2.75, 3.05) is 5.32 Å². The number of fused-ring (bicyclic) bond motifs is 1. The Morgan fingerprint density at radius 2 is 1.66 bits per heavy atom. The lowest BCUT2D eigenvalue weighted by molar-refractivity contribution is 0.101. The van der Waals surface area contributed by atoms with Crippen LogP contribution in [0.25, 0.3) is 27.8 Å². The van der Waals surface area contributed by atoms with Gasteiger partial charge in [0.25, 0.3) is 5.91 Å². The highest BCUT2D eigenvalue weighted by atomic mass is 79.9. The molecule has 0 atom stereocenters. The summed E-state index contributed by atoms with van der Waals surface area (Å²) in [7, 11) is 0. The van der Waals surface area contributed by atoms with Crippen LogP contribution < -0.4 is 5.32 Å².